The largest absolute Gasteiger partial charge is 0.353 e. The molecular formula is C21H30ClN3O2S. The maximum atomic E-state index is 12.7. The third kappa shape index (κ3) is 4.66. The van der Waals surface area contributed by atoms with Crippen molar-refractivity contribution in [3.05, 3.63) is 24.3 Å². The molecule has 2 saturated carbocycles. The highest BCUT2D eigenvalue weighted by molar-refractivity contribution is 7.99. The highest BCUT2D eigenvalue weighted by Gasteiger charge is 2.39. The number of carbonyl (C=O) groups excluding carboxylic acids is 2. The van der Waals surface area contributed by atoms with Crippen LogP contribution >= 0.6 is 24.2 Å². The molecule has 2 unspecified atom stereocenters. The summed E-state index contributed by atoms with van der Waals surface area (Å²) in [7, 11) is 0. The number of amides is 2. The molecule has 0 radical (unpaired) electrons. The Morgan fingerprint density at radius 3 is 2.61 bits per heavy atom. The van der Waals surface area contributed by atoms with Gasteiger partial charge in [0.2, 0.25) is 11.8 Å². The van der Waals surface area contributed by atoms with Gasteiger partial charge in [-0.15, -0.1) is 24.2 Å². The Labute approximate surface area is 177 Å². The van der Waals surface area contributed by atoms with Crippen LogP contribution in [0.2, 0.25) is 0 Å². The van der Waals surface area contributed by atoms with Gasteiger partial charge in [-0.05, 0) is 49.7 Å². The lowest BCUT2D eigenvalue weighted by Gasteiger charge is -2.45. The molecule has 154 valence electrons. The molecule has 1 aromatic carbocycles. The second-order valence-electron chi connectivity index (χ2n) is 8.14. The highest BCUT2D eigenvalue weighted by Crippen LogP contribution is 2.39. The lowest BCUT2D eigenvalue weighted by Crippen LogP contribution is -2.53. The van der Waals surface area contributed by atoms with E-state index < -0.39 is 0 Å². The third-order valence-corrected chi connectivity index (χ3v) is 7.34. The fourth-order valence-corrected chi connectivity index (χ4v) is 6.06. The van der Waals surface area contributed by atoms with Crippen molar-refractivity contribution in [2.24, 2.45) is 17.6 Å². The number of thioether (sulfide) groups is 1. The smallest absolute Gasteiger partial charge is 0.227 e. The van der Waals surface area contributed by atoms with Crippen LogP contribution in [0.1, 0.15) is 44.9 Å². The van der Waals surface area contributed by atoms with Crippen LogP contribution in [-0.2, 0) is 9.59 Å². The highest BCUT2D eigenvalue weighted by atomic mass is 35.5. The molecule has 1 aromatic rings. The number of hydrogen-bond acceptors (Lipinski definition) is 4. The standard InChI is InChI=1S/C21H29N3O2S.ClH/c22-16-12-14-4-3-5-15(13-16)21(14)23-19(25)8-9-20(26)24-10-11-27-18-7-2-1-6-17(18)24;/h1-2,6-7,14-16,21H,3-5,8-13,22H2,(H,23,25);1H. The van der Waals surface area contributed by atoms with Crippen molar-refractivity contribution in [2.45, 2.75) is 61.9 Å². The van der Waals surface area contributed by atoms with E-state index in [1.165, 1.54) is 6.42 Å². The van der Waals surface area contributed by atoms with Gasteiger partial charge < -0.3 is 16.0 Å². The van der Waals surface area contributed by atoms with E-state index in [0.29, 0.717) is 18.4 Å². The van der Waals surface area contributed by atoms with Crippen LogP contribution in [0.25, 0.3) is 0 Å². The second kappa shape index (κ2) is 9.51. The summed E-state index contributed by atoms with van der Waals surface area (Å²) < 4.78 is 0. The van der Waals surface area contributed by atoms with Crippen LogP contribution in [-0.4, -0.2) is 36.2 Å². The summed E-state index contributed by atoms with van der Waals surface area (Å²) in [4.78, 5) is 28.2. The first-order valence-corrected chi connectivity index (χ1v) is 11.2. The zero-order chi connectivity index (χ0) is 18.8. The molecule has 0 saturated heterocycles. The normalized spacial score (nSPS) is 28.7. The van der Waals surface area contributed by atoms with Crippen LogP contribution in [0.15, 0.2) is 29.2 Å². The van der Waals surface area contributed by atoms with Crippen molar-refractivity contribution in [3.8, 4) is 0 Å². The Kier molecular flexibility index (Phi) is 7.29. The third-order valence-electron chi connectivity index (χ3n) is 6.30. The monoisotopic (exact) mass is 423 g/mol. The minimum absolute atomic E-state index is 0. The fourth-order valence-electron chi connectivity index (χ4n) is 5.07. The molecular weight excluding hydrogens is 394 g/mol. The molecule has 2 atom stereocenters. The predicted octanol–water partition coefficient (Wildman–Crippen LogP) is 3.35. The van der Waals surface area contributed by atoms with Crippen LogP contribution in [0.5, 0.6) is 0 Å². The molecule has 1 aliphatic heterocycles. The minimum atomic E-state index is 0. The summed E-state index contributed by atoms with van der Waals surface area (Å²) in [5.41, 5.74) is 7.15. The van der Waals surface area contributed by atoms with Gasteiger partial charge in [-0.1, -0.05) is 18.6 Å². The topological polar surface area (TPSA) is 75.4 Å². The molecule has 2 amide bonds. The Balaban J connectivity index is 0.00000225. The van der Waals surface area contributed by atoms with Gasteiger partial charge in [-0.25, -0.2) is 0 Å². The second-order valence-corrected chi connectivity index (χ2v) is 9.27. The summed E-state index contributed by atoms with van der Waals surface area (Å²) in [6, 6.07) is 8.55. The van der Waals surface area contributed by atoms with Crippen molar-refractivity contribution in [1.82, 2.24) is 5.32 Å². The van der Waals surface area contributed by atoms with Crippen molar-refractivity contribution in [1.29, 1.82) is 0 Å². The molecule has 3 aliphatic rings. The predicted molar refractivity (Wildman–Crippen MR) is 116 cm³/mol. The van der Waals surface area contributed by atoms with Crippen molar-refractivity contribution < 1.29 is 9.59 Å². The lowest BCUT2D eigenvalue weighted by molar-refractivity contribution is -0.126. The summed E-state index contributed by atoms with van der Waals surface area (Å²) in [6.45, 7) is 0.715. The number of nitrogens with zero attached hydrogens (tertiary/aromatic N) is 1. The van der Waals surface area contributed by atoms with Gasteiger partial charge in [0.1, 0.15) is 0 Å². The first-order chi connectivity index (χ1) is 13.1. The van der Waals surface area contributed by atoms with Crippen molar-refractivity contribution >= 4 is 41.7 Å². The summed E-state index contributed by atoms with van der Waals surface area (Å²) in [6.07, 6.45) is 6.15. The Morgan fingerprint density at radius 1 is 1.14 bits per heavy atom. The van der Waals surface area contributed by atoms with Gasteiger partial charge in [0, 0.05) is 42.1 Å². The molecule has 3 N–H and O–H groups in total. The number of nitrogens with one attached hydrogen (secondary N) is 1. The van der Waals surface area contributed by atoms with Crippen LogP contribution < -0.4 is 16.0 Å². The molecule has 0 aromatic heterocycles. The van der Waals surface area contributed by atoms with Crippen molar-refractivity contribution in [3.63, 3.8) is 0 Å². The summed E-state index contributed by atoms with van der Waals surface area (Å²) in [5.74, 6) is 1.99. The molecule has 2 fully saturated rings. The van der Waals surface area contributed by atoms with Gasteiger partial charge in [0.25, 0.3) is 0 Å². The van der Waals surface area contributed by atoms with E-state index in [2.05, 4.69) is 11.4 Å². The number of anilines is 1. The van der Waals surface area contributed by atoms with Crippen LogP contribution in [0.3, 0.4) is 0 Å². The maximum absolute atomic E-state index is 12.7. The molecule has 4 rings (SSSR count). The number of rotatable bonds is 4. The first-order valence-electron chi connectivity index (χ1n) is 10.2. The van der Waals surface area contributed by atoms with Gasteiger partial charge in [0.05, 0.1) is 5.69 Å². The molecule has 28 heavy (non-hydrogen) atoms. The van der Waals surface area contributed by atoms with Crippen LogP contribution in [0.4, 0.5) is 5.69 Å². The van der Waals surface area contributed by atoms with Gasteiger partial charge in [0.15, 0.2) is 0 Å². The minimum Gasteiger partial charge on any atom is -0.353 e. The van der Waals surface area contributed by atoms with E-state index in [4.69, 9.17) is 5.73 Å². The van der Waals surface area contributed by atoms with E-state index in [0.717, 1.165) is 42.0 Å². The SMILES string of the molecule is Cl.NC1CC2CCCC(C1)C2NC(=O)CCC(=O)N1CCSc2ccccc21. The summed E-state index contributed by atoms with van der Waals surface area (Å²) in [5, 5.41) is 3.25. The number of carbonyl (C=O) groups is 2. The first kappa shape index (κ1) is 21.5. The molecule has 7 heteroatoms. The Bertz CT molecular complexity index is 703. The lowest BCUT2D eigenvalue weighted by atomic mass is 9.67. The molecule has 5 nitrogen and oxygen atoms in total. The van der Waals surface area contributed by atoms with E-state index in [9.17, 15) is 9.59 Å². The number of para-hydroxylation sites is 1. The van der Waals surface area contributed by atoms with Gasteiger partial charge >= 0.3 is 0 Å². The van der Waals surface area contributed by atoms with Crippen LogP contribution in [0, 0.1) is 11.8 Å². The van der Waals surface area contributed by atoms with E-state index in [1.807, 2.05) is 23.1 Å². The quantitative estimate of drug-likeness (QED) is 0.778. The zero-order valence-electron chi connectivity index (χ0n) is 16.1. The molecule has 1 heterocycles. The van der Waals surface area contributed by atoms with Crippen molar-refractivity contribution in [2.75, 3.05) is 17.2 Å². The fraction of sp³-hybridized carbons (Fsp3) is 0.619. The molecule has 2 aliphatic carbocycles. The van der Waals surface area contributed by atoms with E-state index in [-0.39, 0.29) is 49.1 Å². The number of hydrogen-bond donors (Lipinski definition) is 2. The average Bonchev–Trinajstić information content (AvgIpc) is 2.66. The van der Waals surface area contributed by atoms with Gasteiger partial charge in [-0.3, -0.25) is 9.59 Å². The number of nitrogens with two attached hydrogens (primary N) is 1. The molecule has 0 spiro atoms. The summed E-state index contributed by atoms with van der Waals surface area (Å²) >= 11 is 1.78. The van der Waals surface area contributed by atoms with E-state index in [1.54, 1.807) is 11.8 Å². The number of benzene rings is 1. The van der Waals surface area contributed by atoms with E-state index >= 15 is 0 Å². The number of fused-ring (bicyclic) bond motifs is 3. The van der Waals surface area contributed by atoms with Gasteiger partial charge in [-0.2, -0.15) is 0 Å². The zero-order valence-corrected chi connectivity index (χ0v) is 17.8. The Hall–Kier alpha value is -1.24. The Morgan fingerprint density at radius 2 is 1.86 bits per heavy atom. The molecule has 2 bridgehead atoms. The maximum Gasteiger partial charge on any atom is 0.227 e. The number of halogens is 1. The average molecular weight is 424 g/mol.